The molecule has 5 heteroatoms. The van der Waals surface area contributed by atoms with Crippen LogP contribution in [-0.2, 0) is 6.54 Å². The van der Waals surface area contributed by atoms with E-state index in [4.69, 9.17) is 10.9 Å². The van der Waals surface area contributed by atoms with E-state index in [1.165, 1.54) is 9.75 Å². The molecule has 15 heavy (non-hydrogen) atoms. The van der Waals surface area contributed by atoms with Crippen molar-refractivity contribution >= 4 is 17.2 Å². The van der Waals surface area contributed by atoms with Crippen LogP contribution in [-0.4, -0.2) is 17.1 Å². The Bertz CT molecular complexity index is 335. The molecule has 1 heterocycles. The molecule has 0 saturated carbocycles. The SMILES string of the molecule is Cc1ccc(CNC(C)CC(N)=NO)s1. The molecule has 0 aliphatic heterocycles. The van der Waals surface area contributed by atoms with Crippen LogP contribution in [0.1, 0.15) is 23.1 Å². The molecule has 0 radical (unpaired) electrons. The molecule has 1 atom stereocenters. The molecular formula is C10H17N3OS. The molecule has 0 aliphatic carbocycles. The summed E-state index contributed by atoms with van der Waals surface area (Å²) < 4.78 is 0. The third kappa shape index (κ3) is 4.31. The first-order valence-corrected chi connectivity index (χ1v) is 5.68. The molecule has 1 rings (SSSR count). The second kappa shape index (κ2) is 5.72. The summed E-state index contributed by atoms with van der Waals surface area (Å²) in [5.74, 6) is 0.261. The van der Waals surface area contributed by atoms with E-state index in [1.807, 2.05) is 6.92 Å². The van der Waals surface area contributed by atoms with Gasteiger partial charge in [0.25, 0.3) is 0 Å². The number of hydrogen-bond donors (Lipinski definition) is 3. The number of thiophene rings is 1. The van der Waals surface area contributed by atoms with Crippen molar-refractivity contribution in [1.29, 1.82) is 0 Å². The fourth-order valence-electron chi connectivity index (χ4n) is 1.28. The Hall–Kier alpha value is -1.07. The highest BCUT2D eigenvalue weighted by atomic mass is 32.1. The largest absolute Gasteiger partial charge is 0.409 e. The maximum atomic E-state index is 8.41. The fraction of sp³-hybridized carbons (Fsp3) is 0.500. The molecule has 0 spiro atoms. The van der Waals surface area contributed by atoms with Crippen LogP contribution in [0.4, 0.5) is 0 Å². The lowest BCUT2D eigenvalue weighted by Crippen LogP contribution is -2.30. The highest BCUT2D eigenvalue weighted by Crippen LogP contribution is 2.14. The van der Waals surface area contributed by atoms with Gasteiger partial charge in [-0.1, -0.05) is 5.16 Å². The first-order chi connectivity index (χ1) is 7.11. The predicted octanol–water partition coefficient (Wildman–Crippen LogP) is 1.67. The summed E-state index contributed by atoms with van der Waals surface area (Å²) >= 11 is 1.78. The van der Waals surface area contributed by atoms with E-state index in [0.717, 1.165) is 6.54 Å². The van der Waals surface area contributed by atoms with E-state index >= 15 is 0 Å². The van der Waals surface area contributed by atoms with Gasteiger partial charge in [0, 0.05) is 28.8 Å². The minimum atomic E-state index is 0.211. The van der Waals surface area contributed by atoms with Gasteiger partial charge in [0.05, 0.1) is 0 Å². The van der Waals surface area contributed by atoms with E-state index < -0.39 is 0 Å². The van der Waals surface area contributed by atoms with Crippen LogP contribution in [0, 0.1) is 6.92 Å². The number of nitrogens with two attached hydrogens (primary N) is 1. The maximum Gasteiger partial charge on any atom is 0.140 e. The van der Waals surface area contributed by atoms with Crippen molar-refractivity contribution in [2.24, 2.45) is 10.9 Å². The quantitative estimate of drug-likeness (QED) is 0.310. The van der Waals surface area contributed by atoms with Crippen LogP contribution in [0.15, 0.2) is 17.3 Å². The average Bonchev–Trinajstić information content (AvgIpc) is 2.61. The number of hydrogen-bond acceptors (Lipinski definition) is 4. The first kappa shape index (κ1) is 12.0. The highest BCUT2D eigenvalue weighted by molar-refractivity contribution is 7.11. The minimum Gasteiger partial charge on any atom is -0.409 e. The van der Waals surface area contributed by atoms with E-state index in [9.17, 15) is 0 Å². The van der Waals surface area contributed by atoms with Crippen molar-refractivity contribution < 1.29 is 5.21 Å². The average molecular weight is 227 g/mol. The molecule has 1 aromatic rings. The Morgan fingerprint density at radius 1 is 1.67 bits per heavy atom. The van der Waals surface area contributed by atoms with E-state index in [1.54, 1.807) is 11.3 Å². The number of nitrogens with zero attached hydrogens (tertiary/aromatic N) is 1. The Labute approximate surface area is 93.8 Å². The van der Waals surface area contributed by atoms with Gasteiger partial charge in [-0.05, 0) is 26.0 Å². The summed E-state index contributed by atoms with van der Waals surface area (Å²) in [5, 5.41) is 14.7. The Morgan fingerprint density at radius 3 is 2.93 bits per heavy atom. The summed E-state index contributed by atoms with van der Waals surface area (Å²) in [4.78, 5) is 2.62. The lowest BCUT2D eigenvalue weighted by molar-refractivity contribution is 0.316. The first-order valence-electron chi connectivity index (χ1n) is 4.87. The minimum absolute atomic E-state index is 0.211. The second-order valence-electron chi connectivity index (χ2n) is 3.59. The van der Waals surface area contributed by atoms with Crippen LogP contribution in [0.5, 0.6) is 0 Å². The summed E-state index contributed by atoms with van der Waals surface area (Å²) in [6.07, 6.45) is 0.556. The molecule has 0 aromatic carbocycles. The zero-order valence-electron chi connectivity index (χ0n) is 9.03. The standard InChI is InChI=1S/C10H17N3OS/c1-7(5-10(11)13-14)12-6-9-4-3-8(2)15-9/h3-4,7,12,14H,5-6H2,1-2H3,(H2,11,13). The lowest BCUT2D eigenvalue weighted by Gasteiger charge is -2.11. The molecule has 0 amide bonds. The molecular weight excluding hydrogens is 210 g/mol. The fourth-order valence-corrected chi connectivity index (χ4v) is 2.12. The number of aryl methyl sites for hydroxylation is 1. The summed E-state index contributed by atoms with van der Waals surface area (Å²) in [6.45, 7) is 4.94. The number of amidine groups is 1. The van der Waals surface area contributed by atoms with Gasteiger partial charge in [-0.3, -0.25) is 0 Å². The number of nitrogens with one attached hydrogen (secondary N) is 1. The van der Waals surface area contributed by atoms with Crippen molar-refractivity contribution in [3.63, 3.8) is 0 Å². The van der Waals surface area contributed by atoms with Crippen molar-refractivity contribution in [3.05, 3.63) is 21.9 Å². The smallest absolute Gasteiger partial charge is 0.140 e. The van der Waals surface area contributed by atoms with Gasteiger partial charge in [-0.25, -0.2) is 0 Å². The van der Waals surface area contributed by atoms with Crippen molar-refractivity contribution in [1.82, 2.24) is 5.32 Å². The summed E-state index contributed by atoms with van der Waals surface area (Å²) in [7, 11) is 0. The van der Waals surface area contributed by atoms with E-state index in [2.05, 4.69) is 29.5 Å². The Morgan fingerprint density at radius 2 is 2.40 bits per heavy atom. The molecule has 0 bridgehead atoms. The molecule has 1 aromatic heterocycles. The highest BCUT2D eigenvalue weighted by Gasteiger charge is 2.05. The maximum absolute atomic E-state index is 8.41. The van der Waals surface area contributed by atoms with Gasteiger partial charge in [-0.15, -0.1) is 11.3 Å². The Kier molecular flexibility index (Phi) is 4.58. The van der Waals surface area contributed by atoms with Crippen molar-refractivity contribution in [2.75, 3.05) is 0 Å². The Balaban J connectivity index is 2.31. The third-order valence-corrected chi connectivity index (χ3v) is 3.07. The molecule has 0 fully saturated rings. The van der Waals surface area contributed by atoms with Gasteiger partial charge in [0.15, 0.2) is 0 Å². The normalized spacial score (nSPS) is 14.1. The summed E-state index contributed by atoms with van der Waals surface area (Å²) in [5.41, 5.74) is 5.41. The number of rotatable bonds is 5. The topological polar surface area (TPSA) is 70.6 Å². The van der Waals surface area contributed by atoms with Crippen LogP contribution in [0.3, 0.4) is 0 Å². The monoisotopic (exact) mass is 227 g/mol. The van der Waals surface area contributed by atoms with E-state index in [-0.39, 0.29) is 11.9 Å². The van der Waals surface area contributed by atoms with Crippen LogP contribution >= 0.6 is 11.3 Å². The molecule has 4 N–H and O–H groups in total. The van der Waals surface area contributed by atoms with Crippen LogP contribution in [0.2, 0.25) is 0 Å². The predicted molar refractivity (Wildman–Crippen MR) is 63.4 cm³/mol. The zero-order chi connectivity index (χ0) is 11.3. The second-order valence-corrected chi connectivity index (χ2v) is 4.96. The number of oxime groups is 1. The van der Waals surface area contributed by atoms with Gasteiger partial charge in [0.2, 0.25) is 0 Å². The molecule has 0 saturated heterocycles. The zero-order valence-corrected chi connectivity index (χ0v) is 9.84. The van der Waals surface area contributed by atoms with Crippen molar-refractivity contribution in [2.45, 2.75) is 32.9 Å². The van der Waals surface area contributed by atoms with Crippen molar-refractivity contribution in [3.8, 4) is 0 Å². The van der Waals surface area contributed by atoms with E-state index in [0.29, 0.717) is 6.42 Å². The summed E-state index contributed by atoms with van der Waals surface area (Å²) in [6, 6.07) is 4.43. The molecule has 0 aliphatic rings. The molecule has 84 valence electrons. The molecule has 4 nitrogen and oxygen atoms in total. The molecule has 1 unspecified atom stereocenters. The van der Waals surface area contributed by atoms with Crippen LogP contribution in [0.25, 0.3) is 0 Å². The van der Waals surface area contributed by atoms with Gasteiger partial charge in [0.1, 0.15) is 5.84 Å². The lowest BCUT2D eigenvalue weighted by atomic mass is 10.2. The van der Waals surface area contributed by atoms with Crippen LogP contribution < -0.4 is 11.1 Å². The van der Waals surface area contributed by atoms with Gasteiger partial charge in [-0.2, -0.15) is 0 Å². The third-order valence-electron chi connectivity index (χ3n) is 2.06. The van der Waals surface area contributed by atoms with Gasteiger partial charge < -0.3 is 16.3 Å². The van der Waals surface area contributed by atoms with Gasteiger partial charge >= 0.3 is 0 Å².